The van der Waals surface area contributed by atoms with E-state index in [0.29, 0.717) is 11.3 Å². The molecule has 0 N–H and O–H groups in total. The molecule has 0 saturated carbocycles. The number of nitrogens with zero attached hydrogens (tertiary/aromatic N) is 1. The van der Waals surface area contributed by atoms with Gasteiger partial charge in [-0.2, -0.15) is 0 Å². The summed E-state index contributed by atoms with van der Waals surface area (Å²) in [6.45, 7) is 5.65. The first kappa shape index (κ1) is 10.5. The fourth-order valence-corrected chi connectivity index (χ4v) is 2.89. The number of piperidine rings is 1. The fraction of sp³-hybridized carbons (Fsp3) is 0.636. The molecule has 0 spiro atoms. The molecular formula is C11H16ClNS. The average molecular weight is 230 g/mol. The molecule has 1 fully saturated rings. The zero-order chi connectivity index (χ0) is 9.97. The van der Waals surface area contributed by atoms with E-state index in [9.17, 15) is 0 Å². The fourth-order valence-electron chi connectivity index (χ4n) is 1.97. The molecule has 0 bridgehead atoms. The van der Waals surface area contributed by atoms with Crippen LogP contribution in [0.15, 0.2) is 17.5 Å². The van der Waals surface area contributed by atoms with Crippen molar-refractivity contribution >= 4 is 22.9 Å². The lowest BCUT2D eigenvalue weighted by Crippen LogP contribution is -2.39. The molecule has 2 unspecified atom stereocenters. The number of hydrogen-bond donors (Lipinski definition) is 0. The van der Waals surface area contributed by atoms with Crippen LogP contribution < -0.4 is 0 Å². The Kier molecular flexibility index (Phi) is 3.47. The highest BCUT2D eigenvalue weighted by molar-refractivity contribution is 7.09. The number of hydrogen-bond acceptors (Lipinski definition) is 2. The normalized spacial score (nSPS) is 29.3. The lowest BCUT2D eigenvalue weighted by atomic mass is 10.00. The van der Waals surface area contributed by atoms with Gasteiger partial charge in [0.25, 0.3) is 0 Å². The van der Waals surface area contributed by atoms with Crippen LogP contribution in [0.2, 0.25) is 0 Å². The molecular weight excluding hydrogens is 214 g/mol. The number of alkyl halides is 1. The number of likely N-dealkylation sites (tertiary alicyclic amines) is 1. The van der Waals surface area contributed by atoms with Crippen molar-refractivity contribution in [1.82, 2.24) is 4.90 Å². The van der Waals surface area contributed by atoms with Crippen LogP contribution in [0.5, 0.6) is 0 Å². The molecule has 2 rings (SSSR count). The van der Waals surface area contributed by atoms with Gasteiger partial charge in [0.2, 0.25) is 0 Å². The zero-order valence-electron chi connectivity index (χ0n) is 8.45. The van der Waals surface area contributed by atoms with E-state index < -0.39 is 0 Å². The molecule has 3 heteroatoms. The number of halogens is 1. The summed E-state index contributed by atoms with van der Waals surface area (Å²) < 4.78 is 0. The Morgan fingerprint density at radius 1 is 1.64 bits per heavy atom. The maximum Gasteiger partial charge on any atom is 0.0386 e. The van der Waals surface area contributed by atoms with Crippen molar-refractivity contribution in [3.8, 4) is 0 Å². The third-order valence-electron chi connectivity index (χ3n) is 2.84. The SMILES string of the molecule is CC1CN(Cc2cccs2)CCC1Cl. The zero-order valence-corrected chi connectivity index (χ0v) is 10.0. The minimum absolute atomic E-state index is 0.384. The Labute approximate surface area is 94.7 Å². The molecule has 1 saturated heterocycles. The summed E-state index contributed by atoms with van der Waals surface area (Å²) in [5, 5.41) is 2.53. The lowest BCUT2D eigenvalue weighted by molar-refractivity contribution is 0.181. The summed E-state index contributed by atoms with van der Waals surface area (Å²) >= 11 is 8.03. The molecule has 1 aromatic heterocycles. The van der Waals surface area contributed by atoms with E-state index in [0.717, 1.165) is 26.1 Å². The minimum Gasteiger partial charge on any atom is -0.298 e. The first-order valence-electron chi connectivity index (χ1n) is 5.14. The molecule has 0 aliphatic carbocycles. The predicted octanol–water partition coefficient (Wildman–Crippen LogP) is 3.20. The van der Waals surface area contributed by atoms with E-state index in [4.69, 9.17) is 11.6 Å². The van der Waals surface area contributed by atoms with E-state index >= 15 is 0 Å². The van der Waals surface area contributed by atoms with Gasteiger partial charge in [0, 0.05) is 23.3 Å². The second kappa shape index (κ2) is 4.65. The topological polar surface area (TPSA) is 3.24 Å². The first-order valence-corrected chi connectivity index (χ1v) is 6.46. The molecule has 1 aliphatic rings. The van der Waals surface area contributed by atoms with Gasteiger partial charge in [-0.3, -0.25) is 4.90 Å². The monoisotopic (exact) mass is 229 g/mol. The Hall–Kier alpha value is -0.0500. The number of thiophene rings is 1. The van der Waals surface area contributed by atoms with Gasteiger partial charge in [0.1, 0.15) is 0 Å². The van der Waals surface area contributed by atoms with Crippen LogP contribution in [0.25, 0.3) is 0 Å². The Morgan fingerprint density at radius 3 is 3.14 bits per heavy atom. The molecule has 2 atom stereocenters. The third-order valence-corrected chi connectivity index (χ3v) is 4.35. The maximum absolute atomic E-state index is 6.19. The molecule has 1 aliphatic heterocycles. The molecule has 78 valence electrons. The summed E-state index contributed by atoms with van der Waals surface area (Å²) in [6, 6.07) is 4.33. The summed E-state index contributed by atoms with van der Waals surface area (Å²) in [5.74, 6) is 0.630. The molecule has 0 amide bonds. The van der Waals surface area contributed by atoms with E-state index in [1.54, 1.807) is 0 Å². The predicted molar refractivity (Wildman–Crippen MR) is 63.0 cm³/mol. The van der Waals surface area contributed by atoms with Crippen molar-refractivity contribution in [1.29, 1.82) is 0 Å². The number of rotatable bonds is 2. The summed E-state index contributed by atoms with van der Waals surface area (Å²) in [5.41, 5.74) is 0. The van der Waals surface area contributed by atoms with Crippen LogP contribution in [0, 0.1) is 5.92 Å². The maximum atomic E-state index is 6.19. The minimum atomic E-state index is 0.384. The van der Waals surface area contributed by atoms with Crippen molar-refractivity contribution in [2.24, 2.45) is 5.92 Å². The van der Waals surface area contributed by atoms with Crippen molar-refractivity contribution in [2.45, 2.75) is 25.3 Å². The van der Waals surface area contributed by atoms with Gasteiger partial charge >= 0.3 is 0 Å². The van der Waals surface area contributed by atoms with Crippen LogP contribution in [0.4, 0.5) is 0 Å². The highest BCUT2D eigenvalue weighted by Crippen LogP contribution is 2.23. The van der Waals surface area contributed by atoms with Crippen LogP contribution in [0.3, 0.4) is 0 Å². The van der Waals surface area contributed by atoms with Crippen LogP contribution in [-0.4, -0.2) is 23.4 Å². The molecule has 0 aromatic carbocycles. The van der Waals surface area contributed by atoms with Gasteiger partial charge in [0.05, 0.1) is 0 Å². The molecule has 14 heavy (non-hydrogen) atoms. The second-order valence-corrected chi connectivity index (χ2v) is 5.69. The summed E-state index contributed by atoms with van der Waals surface area (Å²) in [7, 11) is 0. The summed E-state index contributed by atoms with van der Waals surface area (Å²) in [4.78, 5) is 3.97. The highest BCUT2D eigenvalue weighted by atomic mass is 35.5. The lowest BCUT2D eigenvalue weighted by Gasteiger charge is -2.33. The van der Waals surface area contributed by atoms with E-state index in [2.05, 4.69) is 29.3 Å². The largest absolute Gasteiger partial charge is 0.298 e. The smallest absolute Gasteiger partial charge is 0.0386 e. The average Bonchev–Trinajstić information content (AvgIpc) is 2.64. The Balaban J connectivity index is 1.88. The van der Waals surface area contributed by atoms with Gasteiger partial charge in [-0.15, -0.1) is 22.9 Å². The third kappa shape index (κ3) is 2.50. The molecule has 0 radical (unpaired) electrons. The van der Waals surface area contributed by atoms with E-state index in [-0.39, 0.29) is 0 Å². The van der Waals surface area contributed by atoms with Gasteiger partial charge < -0.3 is 0 Å². The van der Waals surface area contributed by atoms with Gasteiger partial charge in [-0.25, -0.2) is 0 Å². The Bertz CT molecular complexity index is 273. The van der Waals surface area contributed by atoms with Gasteiger partial charge in [0.15, 0.2) is 0 Å². The standard InChI is InChI=1S/C11H16ClNS/c1-9-7-13(5-4-11(9)12)8-10-3-2-6-14-10/h2-3,6,9,11H,4-5,7-8H2,1H3. The van der Waals surface area contributed by atoms with Crippen molar-refractivity contribution in [3.05, 3.63) is 22.4 Å². The summed E-state index contributed by atoms with van der Waals surface area (Å²) in [6.07, 6.45) is 1.13. The molecule has 1 aromatic rings. The second-order valence-electron chi connectivity index (χ2n) is 4.10. The van der Waals surface area contributed by atoms with Gasteiger partial charge in [-0.1, -0.05) is 13.0 Å². The first-order chi connectivity index (χ1) is 6.75. The molecule has 2 heterocycles. The molecule has 1 nitrogen and oxygen atoms in total. The van der Waals surface area contributed by atoms with Crippen LogP contribution in [-0.2, 0) is 6.54 Å². The Morgan fingerprint density at radius 2 is 2.50 bits per heavy atom. The van der Waals surface area contributed by atoms with Crippen LogP contribution in [0.1, 0.15) is 18.2 Å². The quantitative estimate of drug-likeness (QED) is 0.704. The van der Waals surface area contributed by atoms with E-state index in [1.165, 1.54) is 4.88 Å². The van der Waals surface area contributed by atoms with Crippen molar-refractivity contribution < 1.29 is 0 Å². The van der Waals surface area contributed by atoms with Crippen molar-refractivity contribution in [3.63, 3.8) is 0 Å². The van der Waals surface area contributed by atoms with E-state index in [1.807, 2.05) is 11.3 Å². The van der Waals surface area contributed by atoms with Crippen molar-refractivity contribution in [2.75, 3.05) is 13.1 Å². The van der Waals surface area contributed by atoms with Crippen LogP contribution >= 0.6 is 22.9 Å². The highest BCUT2D eigenvalue weighted by Gasteiger charge is 2.24. The van der Waals surface area contributed by atoms with Gasteiger partial charge in [-0.05, 0) is 30.3 Å².